The average Bonchev–Trinajstić information content (AvgIpc) is 2.85. The number of methoxy groups -OCH3 is 2. The highest BCUT2D eigenvalue weighted by Crippen LogP contribution is 2.15. The monoisotopic (exact) mass is 517 g/mol. The molecule has 194 valence electrons. The summed E-state index contributed by atoms with van der Waals surface area (Å²) in [5, 5.41) is 8.92. The van der Waals surface area contributed by atoms with E-state index in [2.05, 4.69) is 16.0 Å². The van der Waals surface area contributed by atoms with E-state index in [1.165, 1.54) is 0 Å². The van der Waals surface area contributed by atoms with Gasteiger partial charge < -0.3 is 25.4 Å². The van der Waals surface area contributed by atoms with Gasteiger partial charge in [0, 0.05) is 43.8 Å². The molecule has 0 saturated heterocycles. The first-order valence-electron chi connectivity index (χ1n) is 11.2. The Bertz CT molecular complexity index is 726. The summed E-state index contributed by atoms with van der Waals surface area (Å²) in [7, 11) is 5.09. The van der Waals surface area contributed by atoms with E-state index >= 15 is 0 Å². The maximum absolute atomic E-state index is 12.7. The molecule has 0 heterocycles. The van der Waals surface area contributed by atoms with E-state index in [0.717, 1.165) is 12.1 Å². The van der Waals surface area contributed by atoms with Crippen LogP contribution in [0, 0.1) is 0 Å². The van der Waals surface area contributed by atoms with E-state index in [0.29, 0.717) is 30.0 Å². The number of rotatable bonds is 13. The van der Waals surface area contributed by atoms with E-state index < -0.39 is 5.54 Å². The van der Waals surface area contributed by atoms with E-state index in [-0.39, 0.29) is 18.1 Å². The molecule has 0 aliphatic carbocycles. The molecule has 1 atom stereocenters. The summed E-state index contributed by atoms with van der Waals surface area (Å²) in [6.07, 6.45) is 4.73. The first-order valence-corrected chi connectivity index (χ1v) is 12.1. The Morgan fingerprint density at radius 3 is 2.18 bits per heavy atom. The minimum Gasteiger partial charge on any atom is -0.355 e. The quantitative estimate of drug-likeness (QED) is 0.156. The van der Waals surface area contributed by atoms with E-state index in [1.54, 1.807) is 33.3 Å². The van der Waals surface area contributed by atoms with Crippen molar-refractivity contribution in [2.45, 2.75) is 52.4 Å². The Balaban J connectivity index is 0. The van der Waals surface area contributed by atoms with Gasteiger partial charge in [0.1, 0.15) is 5.54 Å². The third-order valence-corrected chi connectivity index (χ3v) is 4.91. The highest BCUT2D eigenvalue weighted by molar-refractivity contribution is 6.29. The molecule has 0 aliphatic rings. The van der Waals surface area contributed by atoms with Crippen LogP contribution in [0.4, 0.5) is 0 Å². The first-order chi connectivity index (χ1) is 16.3. The van der Waals surface area contributed by atoms with Crippen molar-refractivity contribution < 1.29 is 19.1 Å². The molecular formula is C25H41Cl2N3O4. The van der Waals surface area contributed by atoms with Gasteiger partial charge >= 0.3 is 0 Å². The fourth-order valence-electron chi connectivity index (χ4n) is 2.53. The molecule has 1 aromatic rings. The van der Waals surface area contributed by atoms with Gasteiger partial charge in [-0.2, -0.15) is 0 Å². The van der Waals surface area contributed by atoms with Crippen LogP contribution in [0.15, 0.2) is 53.2 Å². The zero-order chi connectivity index (χ0) is 26.4. The number of carbonyl (C=O) groups is 2. The smallest absolute Gasteiger partial charge is 0.250 e. The van der Waals surface area contributed by atoms with Gasteiger partial charge in [0.25, 0.3) is 0 Å². The molecular weight excluding hydrogens is 477 g/mol. The van der Waals surface area contributed by atoms with Gasteiger partial charge in [-0.1, -0.05) is 62.7 Å². The van der Waals surface area contributed by atoms with Gasteiger partial charge in [-0.3, -0.25) is 9.59 Å². The minimum absolute atomic E-state index is 0.111. The zero-order valence-corrected chi connectivity index (χ0v) is 22.9. The molecule has 0 aromatic heterocycles. The largest absolute Gasteiger partial charge is 0.355 e. The van der Waals surface area contributed by atoms with Gasteiger partial charge in [0.15, 0.2) is 6.29 Å². The summed E-state index contributed by atoms with van der Waals surface area (Å²) in [5.74, 6) is -0.108. The molecule has 9 heteroatoms. The Labute approximate surface area is 215 Å². The highest BCUT2D eigenvalue weighted by atomic mass is 35.5. The van der Waals surface area contributed by atoms with Crippen molar-refractivity contribution in [1.82, 2.24) is 16.0 Å². The summed E-state index contributed by atoms with van der Waals surface area (Å²) in [6, 6.07) is 9.48. The molecule has 2 amide bonds. The minimum atomic E-state index is -1.10. The number of alkyl halides is 1. The fraction of sp³-hybridized carbons (Fsp3) is 0.520. The lowest BCUT2D eigenvalue weighted by Crippen LogP contribution is -2.55. The van der Waals surface area contributed by atoms with Gasteiger partial charge in [-0.15, -0.1) is 11.6 Å². The molecule has 0 fully saturated rings. The Morgan fingerprint density at radius 2 is 1.76 bits per heavy atom. The van der Waals surface area contributed by atoms with Crippen molar-refractivity contribution in [3.8, 4) is 0 Å². The number of hydrogen-bond acceptors (Lipinski definition) is 5. The normalized spacial score (nSPS) is 13.0. The molecule has 0 aliphatic heterocycles. The Morgan fingerprint density at radius 1 is 1.18 bits per heavy atom. The second-order valence-electron chi connectivity index (χ2n) is 6.93. The lowest BCUT2D eigenvalue weighted by atomic mass is 9.91. The third-order valence-electron chi connectivity index (χ3n) is 4.38. The molecule has 0 unspecified atom stereocenters. The number of hydrogen-bond donors (Lipinski definition) is 3. The van der Waals surface area contributed by atoms with Crippen molar-refractivity contribution >= 4 is 35.5 Å². The van der Waals surface area contributed by atoms with Crippen LogP contribution < -0.4 is 16.0 Å². The molecule has 0 radical (unpaired) electrons. The second kappa shape index (κ2) is 21.6. The average molecular weight is 519 g/mol. The number of ether oxygens (including phenoxy) is 2. The maximum atomic E-state index is 12.7. The van der Waals surface area contributed by atoms with Gasteiger partial charge in [-0.25, -0.2) is 0 Å². The third kappa shape index (κ3) is 15.1. The lowest BCUT2D eigenvalue weighted by molar-refractivity contribution is -0.128. The number of carbonyl (C=O) groups excluding carboxylic acids is 2. The molecule has 0 bridgehead atoms. The summed E-state index contributed by atoms with van der Waals surface area (Å²) in [6.45, 7) is 8.31. The predicted molar refractivity (Wildman–Crippen MR) is 142 cm³/mol. The van der Waals surface area contributed by atoms with Crippen LogP contribution in [0.3, 0.4) is 0 Å². The van der Waals surface area contributed by atoms with Crippen LogP contribution >= 0.6 is 23.2 Å². The number of likely N-dealkylation sites (N-methyl/N-ethyl adjacent to an activating group) is 1. The van der Waals surface area contributed by atoms with Crippen LogP contribution in [0.25, 0.3) is 0 Å². The lowest BCUT2D eigenvalue weighted by Gasteiger charge is -2.28. The van der Waals surface area contributed by atoms with Gasteiger partial charge in [0.05, 0.1) is 0 Å². The summed E-state index contributed by atoms with van der Waals surface area (Å²) in [4.78, 5) is 23.7. The molecule has 7 nitrogen and oxygen atoms in total. The number of benzene rings is 1. The summed E-state index contributed by atoms with van der Waals surface area (Å²) < 4.78 is 9.71. The molecule has 3 N–H and O–H groups in total. The van der Waals surface area contributed by atoms with Crippen molar-refractivity contribution in [3.63, 3.8) is 0 Å². The number of allylic oxidation sites excluding steroid dienone is 3. The van der Waals surface area contributed by atoms with Gasteiger partial charge in [0.2, 0.25) is 12.3 Å². The predicted octanol–water partition coefficient (Wildman–Crippen LogP) is 4.36. The fourth-order valence-corrected chi connectivity index (χ4v) is 2.81. The van der Waals surface area contributed by atoms with Crippen LogP contribution in [0.2, 0.25) is 0 Å². The Kier molecular flexibility index (Phi) is 21.8. The van der Waals surface area contributed by atoms with Crippen molar-refractivity contribution in [2.75, 3.05) is 33.7 Å². The SMILES string of the molecule is CC.CC/C(Cl)=C\C(=C/CCl)NC(=O)[C@@](C)(Cc1ccccc1)NC=O.CNCC(OC)OC. The number of amides is 2. The van der Waals surface area contributed by atoms with Crippen molar-refractivity contribution in [3.05, 3.63) is 58.8 Å². The maximum Gasteiger partial charge on any atom is 0.250 e. The molecule has 0 saturated carbocycles. The van der Waals surface area contributed by atoms with E-state index in [4.69, 9.17) is 32.7 Å². The van der Waals surface area contributed by atoms with Crippen LogP contribution in [-0.2, 0) is 25.5 Å². The van der Waals surface area contributed by atoms with Crippen molar-refractivity contribution in [1.29, 1.82) is 0 Å². The Hall–Kier alpha value is -1.90. The molecule has 1 aromatic carbocycles. The first kappa shape index (κ1) is 34.3. The second-order valence-corrected chi connectivity index (χ2v) is 7.72. The standard InChI is InChI=1S/C18H22Cl2N2O2.C5H13NO2.C2H6/c1-3-15(20)11-16(9-10-19)22-17(24)18(2,21-13-23)12-14-7-5-4-6-8-14;1-6-4-5(7-2)8-3;1-2/h4-9,11,13H,3,10,12H2,1-2H3,(H,21,23)(H,22,24);5-6H,4H2,1-3H3;1-2H3/b15-11+,16-9+;;/t18-;;/m1../s1. The number of halogens is 2. The van der Waals surface area contributed by atoms with Gasteiger partial charge in [-0.05, 0) is 38.1 Å². The topological polar surface area (TPSA) is 88.7 Å². The van der Waals surface area contributed by atoms with Crippen molar-refractivity contribution in [2.24, 2.45) is 0 Å². The van der Waals surface area contributed by atoms with E-state index in [9.17, 15) is 9.59 Å². The van der Waals surface area contributed by atoms with Crippen LogP contribution in [-0.4, -0.2) is 57.8 Å². The molecule has 0 spiro atoms. The highest BCUT2D eigenvalue weighted by Gasteiger charge is 2.33. The van der Waals surface area contributed by atoms with E-state index in [1.807, 2.05) is 58.2 Å². The summed E-state index contributed by atoms with van der Waals surface area (Å²) >= 11 is 11.8. The zero-order valence-electron chi connectivity index (χ0n) is 21.4. The molecule has 1 rings (SSSR count). The summed E-state index contributed by atoms with van der Waals surface area (Å²) in [5.41, 5.74) is 0.351. The molecule has 34 heavy (non-hydrogen) atoms. The van der Waals surface area contributed by atoms with Crippen LogP contribution in [0.1, 0.15) is 39.7 Å². The van der Waals surface area contributed by atoms with Crippen LogP contribution in [0.5, 0.6) is 0 Å². The number of nitrogens with one attached hydrogen (secondary N) is 3.